The fourth-order valence-corrected chi connectivity index (χ4v) is 2.13. The quantitative estimate of drug-likeness (QED) is 0.682. The van der Waals surface area contributed by atoms with Crippen LogP contribution in [0.5, 0.6) is 0 Å². The van der Waals surface area contributed by atoms with Crippen LogP contribution in [0.1, 0.15) is 56.5 Å². The molecule has 1 unspecified atom stereocenters. The minimum absolute atomic E-state index is 0.723. The Labute approximate surface area is 86.8 Å². The van der Waals surface area contributed by atoms with Gasteiger partial charge in [-0.2, -0.15) is 0 Å². The van der Waals surface area contributed by atoms with Crippen molar-refractivity contribution in [1.29, 1.82) is 0 Å². The third-order valence-corrected chi connectivity index (χ3v) is 2.80. The molecular formula is C12H20N2. The summed E-state index contributed by atoms with van der Waals surface area (Å²) in [5.74, 6) is 0.723. The van der Waals surface area contributed by atoms with E-state index in [2.05, 4.69) is 23.8 Å². The second kappa shape index (κ2) is 5.08. The lowest BCUT2D eigenvalue weighted by molar-refractivity contribution is 0.651. The fraction of sp³-hybridized carbons (Fsp3) is 0.667. The Balaban J connectivity index is 0.000000461. The number of nitrogens with zero attached hydrogens (tertiary/aromatic N) is 2. The molecule has 2 rings (SSSR count). The van der Waals surface area contributed by atoms with Gasteiger partial charge in [-0.1, -0.05) is 20.8 Å². The molecule has 2 nitrogen and oxygen atoms in total. The molecule has 0 spiro atoms. The van der Waals surface area contributed by atoms with Crippen molar-refractivity contribution in [2.24, 2.45) is 0 Å². The number of hydrogen-bond acceptors (Lipinski definition) is 2. The summed E-state index contributed by atoms with van der Waals surface area (Å²) < 4.78 is 0. The molecule has 1 atom stereocenters. The molecule has 1 aliphatic rings. The van der Waals surface area contributed by atoms with Gasteiger partial charge in [0.15, 0.2) is 0 Å². The number of rotatable bonds is 1. The third-order valence-electron chi connectivity index (χ3n) is 2.80. The van der Waals surface area contributed by atoms with Crippen LogP contribution >= 0.6 is 0 Å². The summed E-state index contributed by atoms with van der Waals surface area (Å²) in [4.78, 5) is 8.55. The van der Waals surface area contributed by atoms with Crippen molar-refractivity contribution in [2.75, 3.05) is 0 Å². The van der Waals surface area contributed by atoms with E-state index in [4.69, 9.17) is 0 Å². The topological polar surface area (TPSA) is 25.8 Å². The van der Waals surface area contributed by atoms with Gasteiger partial charge >= 0.3 is 0 Å². The first-order valence-electron chi connectivity index (χ1n) is 5.63. The van der Waals surface area contributed by atoms with Crippen molar-refractivity contribution in [2.45, 2.75) is 52.9 Å². The van der Waals surface area contributed by atoms with Crippen molar-refractivity contribution in [3.63, 3.8) is 0 Å². The highest BCUT2D eigenvalue weighted by atomic mass is 14.8. The summed E-state index contributed by atoms with van der Waals surface area (Å²) >= 11 is 0. The molecule has 2 heteroatoms. The predicted octanol–water partition coefficient (Wildman–Crippen LogP) is 3.25. The van der Waals surface area contributed by atoms with Crippen LogP contribution in [-0.4, -0.2) is 9.97 Å². The highest BCUT2D eigenvalue weighted by Gasteiger charge is 2.23. The summed E-state index contributed by atoms with van der Waals surface area (Å²) in [7, 11) is 0. The van der Waals surface area contributed by atoms with E-state index in [1.165, 1.54) is 29.8 Å². The molecule has 14 heavy (non-hydrogen) atoms. The summed E-state index contributed by atoms with van der Waals surface area (Å²) in [6.07, 6.45) is 5.33. The van der Waals surface area contributed by atoms with Crippen LogP contribution < -0.4 is 0 Å². The Bertz CT molecular complexity index is 294. The van der Waals surface area contributed by atoms with E-state index >= 15 is 0 Å². The zero-order valence-corrected chi connectivity index (χ0v) is 9.67. The second-order valence-electron chi connectivity index (χ2n) is 3.46. The Morgan fingerprint density at radius 1 is 1.36 bits per heavy atom. The first-order valence-corrected chi connectivity index (χ1v) is 5.63. The van der Waals surface area contributed by atoms with Crippen molar-refractivity contribution >= 4 is 0 Å². The van der Waals surface area contributed by atoms with Crippen molar-refractivity contribution in [3.8, 4) is 0 Å². The average molecular weight is 192 g/mol. The largest absolute Gasteiger partial charge is 0.241 e. The summed E-state index contributed by atoms with van der Waals surface area (Å²) in [5.41, 5.74) is 3.90. The van der Waals surface area contributed by atoms with Gasteiger partial charge in [-0.3, -0.25) is 0 Å². The number of aryl methyl sites for hydroxylation is 2. The highest BCUT2D eigenvalue weighted by Crippen LogP contribution is 2.35. The molecule has 1 aromatic heterocycles. The standard InChI is InChI=1S/C10H14N2.C2H6/c1-3-8-4-5-9-10(8)7(2)11-6-12-9;1-2/h6,8H,3-5H2,1-2H3;1-2H3. The third kappa shape index (κ3) is 1.94. The predicted molar refractivity (Wildman–Crippen MR) is 59.5 cm³/mol. The Morgan fingerprint density at radius 3 is 2.71 bits per heavy atom. The average Bonchev–Trinajstić information content (AvgIpc) is 2.65. The minimum atomic E-state index is 0.723. The van der Waals surface area contributed by atoms with Gasteiger partial charge in [-0.05, 0) is 37.7 Å². The normalized spacial score (nSPS) is 18.4. The van der Waals surface area contributed by atoms with E-state index in [0.717, 1.165) is 12.3 Å². The summed E-state index contributed by atoms with van der Waals surface area (Å²) in [6, 6.07) is 0. The maximum absolute atomic E-state index is 4.31. The molecule has 1 aliphatic carbocycles. The SMILES string of the molecule is CC.CCC1CCc2ncnc(C)c21. The van der Waals surface area contributed by atoms with Gasteiger partial charge in [0.2, 0.25) is 0 Å². The van der Waals surface area contributed by atoms with Crippen LogP contribution in [0.3, 0.4) is 0 Å². The van der Waals surface area contributed by atoms with Crippen molar-refractivity contribution < 1.29 is 0 Å². The molecule has 0 aliphatic heterocycles. The van der Waals surface area contributed by atoms with Gasteiger partial charge in [0.1, 0.15) is 6.33 Å². The zero-order valence-electron chi connectivity index (χ0n) is 9.67. The lowest BCUT2D eigenvalue weighted by atomic mass is 9.99. The lowest BCUT2D eigenvalue weighted by Crippen LogP contribution is -1.98. The molecule has 0 saturated heterocycles. The van der Waals surface area contributed by atoms with Crippen LogP contribution in [0, 0.1) is 6.92 Å². The van der Waals surface area contributed by atoms with Gasteiger partial charge < -0.3 is 0 Å². The molecule has 78 valence electrons. The maximum Gasteiger partial charge on any atom is 0.115 e. The molecule has 0 amide bonds. The summed E-state index contributed by atoms with van der Waals surface area (Å²) in [5, 5.41) is 0. The first kappa shape index (κ1) is 11.2. The number of aromatic nitrogens is 2. The lowest BCUT2D eigenvalue weighted by Gasteiger charge is -2.08. The Kier molecular flexibility index (Phi) is 4.05. The smallest absolute Gasteiger partial charge is 0.115 e. The molecule has 0 bridgehead atoms. The second-order valence-corrected chi connectivity index (χ2v) is 3.46. The van der Waals surface area contributed by atoms with E-state index in [1.807, 2.05) is 13.8 Å². The fourth-order valence-electron chi connectivity index (χ4n) is 2.13. The van der Waals surface area contributed by atoms with Crippen LogP contribution in [0.25, 0.3) is 0 Å². The molecule has 0 aromatic carbocycles. The molecule has 0 N–H and O–H groups in total. The van der Waals surface area contributed by atoms with E-state index in [0.29, 0.717) is 0 Å². The summed E-state index contributed by atoms with van der Waals surface area (Å²) in [6.45, 7) is 8.33. The van der Waals surface area contributed by atoms with Crippen LogP contribution in [-0.2, 0) is 6.42 Å². The zero-order chi connectivity index (χ0) is 10.6. The van der Waals surface area contributed by atoms with Crippen LogP contribution in [0.15, 0.2) is 6.33 Å². The van der Waals surface area contributed by atoms with E-state index < -0.39 is 0 Å². The first-order chi connectivity index (χ1) is 6.83. The molecule has 0 saturated carbocycles. The van der Waals surface area contributed by atoms with Gasteiger partial charge in [0.25, 0.3) is 0 Å². The monoisotopic (exact) mass is 192 g/mol. The van der Waals surface area contributed by atoms with Crippen LogP contribution in [0.4, 0.5) is 0 Å². The van der Waals surface area contributed by atoms with Gasteiger partial charge in [0, 0.05) is 11.4 Å². The van der Waals surface area contributed by atoms with Gasteiger partial charge in [0.05, 0.1) is 0 Å². The highest BCUT2D eigenvalue weighted by molar-refractivity contribution is 5.32. The van der Waals surface area contributed by atoms with E-state index in [9.17, 15) is 0 Å². The Morgan fingerprint density at radius 2 is 2.07 bits per heavy atom. The maximum atomic E-state index is 4.31. The van der Waals surface area contributed by atoms with Gasteiger partial charge in [-0.25, -0.2) is 9.97 Å². The number of hydrogen-bond donors (Lipinski definition) is 0. The molecule has 0 radical (unpaired) electrons. The minimum Gasteiger partial charge on any atom is -0.241 e. The van der Waals surface area contributed by atoms with Crippen molar-refractivity contribution in [1.82, 2.24) is 9.97 Å². The molecule has 1 aromatic rings. The van der Waals surface area contributed by atoms with Crippen LogP contribution in [0.2, 0.25) is 0 Å². The molecule has 0 fully saturated rings. The van der Waals surface area contributed by atoms with Gasteiger partial charge in [-0.15, -0.1) is 0 Å². The van der Waals surface area contributed by atoms with Crippen molar-refractivity contribution in [3.05, 3.63) is 23.3 Å². The Hall–Kier alpha value is -0.920. The molecular weight excluding hydrogens is 172 g/mol. The van der Waals surface area contributed by atoms with E-state index in [-0.39, 0.29) is 0 Å². The number of fused-ring (bicyclic) bond motifs is 1. The molecule has 1 heterocycles. The van der Waals surface area contributed by atoms with E-state index in [1.54, 1.807) is 6.33 Å².